The van der Waals surface area contributed by atoms with Crippen LogP contribution in [0.2, 0.25) is 0 Å². The van der Waals surface area contributed by atoms with E-state index in [0.29, 0.717) is 5.69 Å². The van der Waals surface area contributed by atoms with E-state index in [4.69, 9.17) is 0 Å². The average Bonchev–Trinajstić information content (AvgIpc) is 2.93. The molecule has 2 N–H and O–H groups in total. The van der Waals surface area contributed by atoms with Crippen LogP contribution in [0.25, 0.3) is 5.69 Å². The highest BCUT2D eigenvalue weighted by molar-refractivity contribution is 5.95. The Labute approximate surface area is 140 Å². The summed E-state index contributed by atoms with van der Waals surface area (Å²) >= 11 is 0. The Morgan fingerprint density at radius 1 is 1.29 bits per heavy atom. The summed E-state index contributed by atoms with van der Waals surface area (Å²) in [5.41, 5.74) is 2.56. The van der Waals surface area contributed by atoms with Gasteiger partial charge in [0, 0.05) is 0 Å². The van der Waals surface area contributed by atoms with Crippen molar-refractivity contribution in [2.24, 2.45) is 0 Å². The normalized spacial score (nSPS) is 12.3. The number of aliphatic carboxylic acids is 1. The number of aromatic nitrogens is 3. The zero-order valence-electron chi connectivity index (χ0n) is 13.9. The molecule has 7 nitrogen and oxygen atoms in total. The summed E-state index contributed by atoms with van der Waals surface area (Å²) in [5.74, 6) is -1.65. The van der Waals surface area contributed by atoms with Gasteiger partial charge in [-0.05, 0) is 39.3 Å². The predicted octanol–water partition coefficient (Wildman–Crippen LogP) is 2.03. The van der Waals surface area contributed by atoms with Crippen LogP contribution < -0.4 is 5.32 Å². The minimum absolute atomic E-state index is 0.113. The number of benzene rings is 1. The maximum atomic E-state index is 12.3. The molecule has 0 bridgehead atoms. The number of nitrogens with one attached hydrogen (secondary N) is 1. The number of rotatable bonds is 6. The van der Waals surface area contributed by atoms with Crippen molar-refractivity contribution in [1.29, 1.82) is 0 Å². The highest BCUT2D eigenvalue weighted by atomic mass is 16.4. The molecule has 2 aromatic rings. The first-order valence-corrected chi connectivity index (χ1v) is 7.58. The van der Waals surface area contributed by atoms with E-state index < -0.39 is 17.9 Å². The van der Waals surface area contributed by atoms with Gasteiger partial charge in [0.15, 0.2) is 5.69 Å². The molecule has 1 amide bonds. The molecule has 0 fully saturated rings. The third kappa shape index (κ3) is 3.87. The van der Waals surface area contributed by atoms with Crippen molar-refractivity contribution >= 4 is 11.9 Å². The fourth-order valence-electron chi connectivity index (χ4n) is 2.19. The molecule has 1 heterocycles. The first-order valence-electron chi connectivity index (χ1n) is 7.58. The van der Waals surface area contributed by atoms with Crippen LogP contribution in [0.4, 0.5) is 0 Å². The second kappa shape index (κ2) is 7.54. The van der Waals surface area contributed by atoms with Crippen molar-refractivity contribution in [1.82, 2.24) is 20.3 Å². The lowest BCUT2D eigenvalue weighted by Gasteiger charge is -2.11. The molecule has 0 aliphatic carbocycles. The van der Waals surface area contributed by atoms with Crippen molar-refractivity contribution in [3.63, 3.8) is 0 Å². The lowest BCUT2D eigenvalue weighted by Crippen LogP contribution is -2.40. The Hall–Kier alpha value is -2.96. The zero-order chi connectivity index (χ0) is 17.7. The largest absolute Gasteiger partial charge is 0.480 e. The Balaban J connectivity index is 2.21. The van der Waals surface area contributed by atoms with Crippen LogP contribution in [0, 0.1) is 13.8 Å². The molecular weight excluding hydrogens is 308 g/mol. The van der Waals surface area contributed by atoms with E-state index in [-0.39, 0.29) is 12.1 Å². The van der Waals surface area contributed by atoms with Crippen LogP contribution in [0.5, 0.6) is 0 Å². The average molecular weight is 328 g/mol. The monoisotopic (exact) mass is 328 g/mol. The van der Waals surface area contributed by atoms with Crippen LogP contribution in [0.15, 0.2) is 36.4 Å². The molecule has 2 rings (SSSR count). The van der Waals surface area contributed by atoms with Crippen LogP contribution in [0.3, 0.4) is 0 Å². The minimum atomic E-state index is -1.09. The first kappa shape index (κ1) is 17.4. The summed E-state index contributed by atoms with van der Waals surface area (Å²) in [6.07, 6.45) is 3.64. The van der Waals surface area contributed by atoms with Crippen LogP contribution in [-0.4, -0.2) is 38.0 Å². The Kier molecular flexibility index (Phi) is 5.47. The summed E-state index contributed by atoms with van der Waals surface area (Å²) in [5, 5.41) is 19.6. The van der Waals surface area contributed by atoms with Gasteiger partial charge < -0.3 is 10.4 Å². The number of hydrogen-bond donors (Lipinski definition) is 2. The molecule has 0 saturated carbocycles. The van der Waals surface area contributed by atoms with Crippen molar-refractivity contribution in [2.75, 3.05) is 0 Å². The maximum Gasteiger partial charge on any atom is 0.326 e. The topological polar surface area (TPSA) is 97.1 Å². The maximum absolute atomic E-state index is 12.3. The first-order chi connectivity index (χ1) is 11.4. The number of carbonyl (C=O) groups excluding carboxylic acids is 1. The fourth-order valence-corrected chi connectivity index (χ4v) is 2.19. The summed E-state index contributed by atoms with van der Waals surface area (Å²) in [6.45, 7) is 5.49. The Bertz CT molecular complexity index is 763. The van der Waals surface area contributed by atoms with Gasteiger partial charge in [-0.15, -0.1) is 5.10 Å². The second-order valence-electron chi connectivity index (χ2n) is 5.44. The number of hydrogen-bond acceptors (Lipinski definition) is 4. The third-order valence-corrected chi connectivity index (χ3v) is 3.60. The van der Waals surface area contributed by atoms with Crippen molar-refractivity contribution in [3.8, 4) is 5.69 Å². The van der Waals surface area contributed by atoms with Crippen LogP contribution >= 0.6 is 0 Å². The van der Waals surface area contributed by atoms with Gasteiger partial charge in [0.05, 0.1) is 11.4 Å². The molecule has 0 radical (unpaired) electrons. The van der Waals surface area contributed by atoms with Gasteiger partial charge in [-0.25, -0.2) is 9.48 Å². The van der Waals surface area contributed by atoms with E-state index >= 15 is 0 Å². The number of aryl methyl sites for hydroxylation is 1. The second-order valence-corrected chi connectivity index (χ2v) is 5.44. The van der Waals surface area contributed by atoms with Crippen molar-refractivity contribution < 1.29 is 14.7 Å². The highest BCUT2D eigenvalue weighted by Crippen LogP contribution is 2.13. The predicted molar refractivity (Wildman–Crippen MR) is 89.2 cm³/mol. The number of nitrogens with zero attached hydrogens (tertiary/aromatic N) is 3. The van der Waals surface area contributed by atoms with Gasteiger partial charge in [-0.2, -0.15) is 0 Å². The van der Waals surface area contributed by atoms with E-state index in [1.165, 1.54) is 0 Å². The lowest BCUT2D eigenvalue weighted by molar-refractivity contribution is -0.139. The van der Waals surface area contributed by atoms with E-state index in [2.05, 4.69) is 15.6 Å². The zero-order valence-corrected chi connectivity index (χ0v) is 13.9. The summed E-state index contributed by atoms with van der Waals surface area (Å²) in [4.78, 5) is 23.6. The molecule has 1 unspecified atom stereocenters. The van der Waals surface area contributed by atoms with Crippen LogP contribution in [0.1, 0.15) is 35.1 Å². The number of carbonyl (C=O) groups is 2. The van der Waals surface area contributed by atoms with E-state index in [0.717, 1.165) is 11.3 Å². The number of carboxylic acid groups (broad SMARTS) is 1. The van der Waals surface area contributed by atoms with Gasteiger partial charge in [0.2, 0.25) is 0 Å². The minimum Gasteiger partial charge on any atom is -0.480 e. The summed E-state index contributed by atoms with van der Waals surface area (Å²) in [7, 11) is 0. The smallest absolute Gasteiger partial charge is 0.326 e. The van der Waals surface area contributed by atoms with Gasteiger partial charge in [-0.1, -0.05) is 35.1 Å². The molecule has 0 saturated heterocycles. The molecule has 1 aromatic heterocycles. The van der Waals surface area contributed by atoms with Gasteiger partial charge >= 0.3 is 5.97 Å². The lowest BCUT2D eigenvalue weighted by atomic mass is 10.2. The molecule has 126 valence electrons. The van der Waals surface area contributed by atoms with Gasteiger partial charge in [-0.3, -0.25) is 4.79 Å². The third-order valence-electron chi connectivity index (χ3n) is 3.60. The molecule has 1 aromatic carbocycles. The highest BCUT2D eigenvalue weighted by Gasteiger charge is 2.23. The fraction of sp³-hybridized carbons (Fsp3) is 0.294. The number of allylic oxidation sites excluding steroid dienone is 1. The molecular formula is C17H20N4O3. The molecule has 24 heavy (non-hydrogen) atoms. The van der Waals surface area contributed by atoms with Crippen molar-refractivity contribution in [3.05, 3.63) is 53.4 Å². The molecule has 0 aliphatic rings. The van der Waals surface area contributed by atoms with E-state index in [1.807, 2.05) is 31.2 Å². The van der Waals surface area contributed by atoms with Crippen molar-refractivity contribution in [2.45, 2.75) is 33.2 Å². The quantitative estimate of drug-likeness (QED) is 0.791. The summed E-state index contributed by atoms with van der Waals surface area (Å²) < 4.78 is 1.55. The number of amides is 1. The van der Waals surface area contributed by atoms with Gasteiger partial charge in [0.25, 0.3) is 5.91 Å². The number of carboxylic acids is 1. The molecule has 1 atom stereocenters. The Morgan fingerprint density at radius 3 is 2.54 bits per heavy atom. The van der Waals surface area contributed by atoms with E-state index in [9.17, 15) is 14.7 Å². The van der Waals surface area contributed by atoms with Crippen LogP contribution in [-0.2, 0) is 4.79 Å². The SMILES string of the molecule is C/C=C/CC(NC(=O)c1nnn(-c2ccc(C)cc2)c1C)C(=O)O. The summed E-state index contributed by atoms with van der Waals surface area (Å²) in [6, 6.07) is 6.63. The Morgan fingerprint density at radius 2 is 1.96 bits per heavy atom. The molecule has 0 spiro atoms. The molecule has 0 aliphatic heterocycles. The van der Waals surface area contributed by atoms with E-state index in [1.54, 1.807) is 30.7 Å². The molecule has 7 heteroatoms. The standard InChI is InChI=1S/C17H20N4O3/c1-4-5-6-14(17(23)24)18-16(22)15-12(3)21(20-19-15)13-9-7-11(2)8-10-13/h4-5,7-10,14H,6H2,1-3H3,(H,18,22)(H,23,24)/b5-4+. The van der Waals surface area contributed by atoms with Gasteiger partial charge in [0.1, 0.15) is 6.04 Å².